The molecule has 6 heteroatoms. The molecule has 3 N–H and O–H groups in total. The Labute approximate surface area is 105 Å². The molecule has 4 amide bonds. The quantitative estimate of drug-likeness (QED) is 0.637. The first-order valence-electron chi connectivity index (χ1n) is 5.80. The summed E-state index contributed by atoms with van der Waals surface area (Å²) in [6.07, 6.45) is 0.817. The first-order chi connectivity index (χ1) is 8.70. The zero-order valence-electron chi connectivity index (χ0n) is 10.2. The van der Waals surface area contributed by atoms with Crippen LogP contribution in [0.5, 0.6) is 0 Å². The first kappa shape index (κ1) is 12.4. The molecule has 96 valence electrons. The number of imide groups is 1. The molecule has 18 heavy (non-hydrogen) atoms. The number of urea groups is 2. The van der Waals surface area contributed by atoms with Crippen LogP contribution in [-0.2, 0) is 13.0 Å². The smallest absolute Gasteiger partial charge is 0.320 e. The van der Waals surface area contributed by atoms with Crippen molar-refractivity contribution in [2.75, 3.05) is 13.6 Å². The fourth-order valence-corrected chi connectivity index (χ4v) is 1.99. The van der Waals surface area contributed by atoms with Crippen LogP contribution in [0.2, 0.25) is 0 Å². The van der Waals surface area contributed by atoms with E-state index in [1.165, 1.54) is 5.56 Å². The number of benzene rings is 1. The molecule has 1 aromatic carbocycles. The van der Waals surface area contributed by atoms with Gasteiger partial charge in [-0.15, -0.1) is 0 Å². The van der Waals surface area contributed by atoms with Crippen LogP contribution < -0.4 is 16.2 Å². The minimum Gasteiger partial charge on any atom is -0.320 e. The topological polar surface area (TPSA) is 73.5 Å². The van der Waals surface area contributed by atoms with E-state index in [1.54, 1.807) is 11.9 Å². The molecule has 0 saturated carbocycles. The number of nitrogens with zero attached hydrogens (tertiary/aromatic N) is 1. The lowest BCUT2D eigenvalue weighted by Gasteiger charge is -2.28. The molecule has 0 aromatic heterocycles. The van der Waals surface area contributed by atoms with Gasteiger partial charge < -0.3 is 4.90 Å². The average Bonchev–Trinajstić information content (AvgIpc) is 2.38. The monoisotopic (exact) mass is 248 g/mol. The van der Waals surface area contributed by atoms with Crippen LogP contribution in [0.25, 0.3) is 0 Å². The second-order valence-electron chi connectivity index (χ2n) is 4.07. The van der Waals surface area contributed by atoms with E-state index in [0.717, 1.165) is 12.0 Å². The molecule has 0 spiro atoms. The van der Waals surface area contributed by atoms with Crippen molar-refractivity contribution in [2.24, 2.45) is 0 Å². The lowest BCUT2D eigenvalue weighted by Crippen LogP contribution is -2.50. The molecule has 1 aromatic rings. The maximum absolute atomic E-state index is 11.8. The molecular formula is C12H16N4O2. The number of rotatable bonds is 1. The molecule has 0 radical (unpaired) electrons. The van der Waals surface area contributed by atoms with E-state index in [1.807, 2.05) is 18.2 Å². The summed E-state index contributed by atoms with van der Waals surface area (Å²) in [5.41, 5.74) is 7.14. The Morgan fingerprint density at radius 3 is 2.67 bits per heavy atom. The highest BCUT2D eigenvalue weighted by molar-refractivity contribution is 5.93. The molecule has 0 aliphatic carbocycles. The highest BCUT2D eigenvalue weighted by Crippen LogP contribution is 2.18. The van der Waals surface area contributed by atoms with E-state index in [9.17, 15) is 9.59 Å². The van der Waals surface area contributed by atoms with Gasteiger partial charge in [-0.3, -0.25) is 10.7 Å². The number of hydrogen-bond donors (Lipinski definition) is 3. The van der Waals surface area contributed by atoms with Gasteiger partial charge in [0.1, 0.15) is 0 Å². The second-order valence-corrected chi connectivity index (χ2v) is 4.07. The van der Waals surface area contributed by atoms with Gasteiger partial charge in [-0.1, -0.05) is 24.3 Å². The summed E-state index contributed by atoms with van der Waals surface area (Å²) in [6.45, 7) is 1.16. The summed E-state index contributed by atoms with van der Waals surface area (Å²) in [7, 11) is 1.56. The molecule has 0 fully saturated rings. The maximum atomic E-state index is 11.8. The van der Waals surface area contributed by atoms with Crippen LogP contribution in [0, 0.1) is 0 Å². The summed E-state index contributed by atoms with van der Waals surface area (Å²) in [5.74, 6) is 0. The van der Waals surface area contributed by atoms with E-state index in [4.69, 9.17) is 0 Å². The molecule has 1 aliphatic rings. The van der Waals surface area contributed by atoms with Crippen LogP contribution in [-0.4, -0.2) is 30.6 Å². The minimum atomic E-state index is -0.554. The van der Waals surface area contributed by atoms with Crippen LogP contribution in [0.15, 0.2) is 24.3 Å². The molecular weight excluding hydrogens is 232 g/mol. The van der Waals surface area contributed by atoms with Crippen molar-refractivity contribution in [1.29, 1.82) is 0 Å². The average molecular weight is 248 g/mol. The molecule has 6 nitrogen and oxygen atoms in total. The number of fused-ring (bicyclic) bond motifs is 1. The standard InChI is InChI=1S/C12H16N4O2/c1-13-15-11(17)14-12(18)16-7-6-9-4-2-3-5-10(9)8-16/h2-5,13H,6-8H2,1H3,(H2,14,15,17,18). The Bertz CT molecular complexity index is 461. The summed E-state index contributed by atoms with van der Waals surface area (Å²) >= 11 is 0. The van der Waals surface area contributed by atoms with Crippen LogP contribution in [0.3, 0.4) is 0 Å². The van der Waals surface area contributed by atoms with Crippen molar-refractivity contribution in [3.63, 3.8) is 0 Å². The van der Waals surface area contributed by atoms with E-state index in [-0.39, 0.29) is 6.03 Å². The van der Waals surface area contributed by atoms with E-state index in [0.29, 0.717) is 13.1 Å². The summed E-state index contributed by atoms with van der Waals surface area (Å²) in [6, 6.07) is 7.09. The van der Waals surface area contributed by atoms with Gasteiger partial charge in [0.2, 0.25) is 0 Å². The maximum Gasteiger partial charge on any atom is 0.337 e. The van der Waals surface area contributed by atoms with Crippen molar-refractivity contribution in [3.8, 4) is 0 Å². The molecule has 0 saturated heterocycles. The van der Waals surface area contributed by atoms with Crippen molar-refractivity contribution in [1.82, 2.24) is 21.1 Å². The van der Waals surface area contributed by atoms with Gasteiger partial charge in [-0.25, -0.2) is 15.0 Å². The van der Waals surface area contributed by atoms with Gasteiger partial charge in [0.25, 0.3) is 0 Å². The van der Waals surface area contributed by atoms with Gasteiger partial charge in [0.05, 0.1) is 0 Å². The van der Waals surface area contributed by atoms with Crippen LogP contribution >= 0.6 is 0 Å². The predicted octanol–water partition coefficient (Wildman–Crippen LogP) is 0.598. The fraction of sp³-hybridized carbons (Fsp3) is 0.333. The number of nitrogens with one attached hydrogen (secondary N) is 3. The molecule has 0 bridgehead atoms. The highest BCUT2D eigenvalue weighted by atomic mass is 16.2. The highest BCUT2D eigenvalue weighted by Gasteiger charge is 2.21. The van der Waals surface area contributed by atoms with Crippen LogP contribution in [0.1, 0.15) is 11.1 Å². The third-order valence-electron chi connectivity index (χ3n) is 2.88. The Balaban J connectivity index is 1.96. The largest absolute Gasteiger partial charge is 0.337 e. The lowest BCUT2D eigenvalue weighted by atomic mass is 10.0. The van der Waals surface area contributed by atoms with Gasteiger partial charge in [0, 0.05) is 20.1 Å². The predicted molar refractivity (Wildman–Crippen MR) is 66.7 cm³/mol. The zero-order chi connectivity index (χ0) is 13.0. The fourth-order valence-electron chi connectivity index (χ4n) is 1.99. The van der Waals surface area contributed by atoms with Crippen LogP contribution in [0.4, 0.5) is 9.59 Å². The summed E-state index contributed by atoms with van der Waals surface area (Å²) < 4.78 is 0. The number of hydrogen-bond acceptors (Lipinski definition) is 3. The van der Waals surface area contributed by atoms with Crippen molar-refractivity contribution in [3.05, 3.63) is 35.4 Å². The summed E-state index contributed by atoms with van der Waals surface area (Å²) in [5, 5.41) is 2.26. The first-order valence-corrected chi connectivity index (χ1v) is 5.80. The van der Waals surface area contributed by atoms with Crippen molar-refractivity contribution < 1.29 is 9.59 Å². The molecule has 2 rings (SSSR count). The molecule has 1 aliphatic heterocycles. The van der Waals surface area contributed by atoms with E-state index in [2.05, 4.69) is 22.2 Å². The number of amides is 4. The SMILES string of the molecule is CNNC(=O)NC(=O)N1CCc2ccccc2C1. The Morgan fingerprint density at radius 2 is 1.94 bits per heavy atom. The molecule has 0 atom stereocenters. The lowest BCUT2D eigenvalue weighted by molar-refractivity contribution is 0.189. The Hall–Kier alpha value is -2.08. The number of carbonyl (C=O) groups is 2. The third-order valence-corrected chi connectivity index (χ3v) is 2.88. The normalized spacial score (nSPS) is 13.7. The van der Waals surface area contributed by atoms with Gasteiger partial charge in [0.15, 0.2) is 0 Å². The van der Waals surface area contributed by atoms with Gasteiger partial charge in [-0.2, -0.15) is 0 Å². The van der Waals surface area contributed by atoms with E-state index < -0.39 is 6.03 Å². The Morgan fingerprint density at radius 1 is 1.22 bits per heavy atom. The number of carbonyl (C=O) groups excluding carboxylic acids is 2. The molecule has 1 heterocycles. The van der Waals surface area contributed by atoms with Crippen molar-refractivity contribution in [2.45, 2.75) is 13.0 Å². The minimum absolute atomic E-state index is 0.378. The molecule has 0 unspecified atom stereocenters. The van der Waals surface area contributed by atoms with Crippen molar-refractivity contribution >= 4 is 12.1 Å². The summed E-state index contributed by atoms with van der Waals surface area (Å²) in [4.78, 5) is 24.7. The third kappa shape index (κ3) is 2.78. The number of hydrazine groups is 1. The zero-order valence-corrected chi connectivity index (χ0v) is 10.2. The van der Waals surface area contributed by atoms with Gasteiger partial charge >= 0.3 is 12.1 Å². The Kier molecular flexibility index (Phi) is 3.78. The van der Waals surface area contributed by atoms with Gasteiger partial charge in [-0.05, 0) is 17.5 Å². The second kappa shape index (κ2) is 5.50. The van der Waals surface area contributed by atoms with E-state index >= 15 is 0 Å².